The third kappa shape index (κ3) is 6.60. The molecule has 0 bridgehead atoms. The van der Waals surface area contributed by atoms with Gasteiger partial charge in [-0.1, -0.05) is 174 Å². The van der Waals surface area contributed by atoms with E-state index in [1.54, 1.807) is 0 Å². The summed E-state index contributed by atoms with van der Waals surface area (Å²) in [6.07, 6.45) is 7.11. The molecule has 70 heavy (non-hydrogen) atoms. The van der Waals surface area contributed by atoms with Crippen molar-refractivity contribution in [1.29, 1.82) is 0 Å². The van der Waals surface area contributed by atoms with Crippen LogP contribution in [0.5, 0.6) is 0 Å². The largest absolute Gasteiger partial charge is 0.334 e. The number of rotatable bonds is 4. The highest BCUT2D eigenvalue weighted by molar-refractivity contribution is 7.00. The average Bonchev–Trinajstić information content (AvgIpc) is 3.54. The number of hydrogen-bond acceptors (Lipinski definition) is 3. The fourth-order valence-electron chi connectivity index (χ4n) is 13.8. The summed E-state index contributed by atoms with van der Waals surface area (Å²) in [4.78, 5) is 8.17. The maximum Gasteiger partial charge on any atom is 0.252 e. The molecule has 7 aromatic rings. The highest BCUT2D eigenvalue weighted by Crippen LogP contribution is 2.62. The molecule has 2 aliphatic carbocycles. The number of hydrogen-bond donors (Lipinski definition) is 0. The summed E-state index contributed by atoms with van der Waals surface area (Å²) >= 11 is 0. The van der Waals surface area contributed by atoms with Crippen molar-refractivity contribution in [2.75, 3.05) is 14.7 Å². The van der Waals surface area contributed by atoms with E-state index in [0.717, 1.165) is 6.42 Å². The van der Waals surface area contributed by atoms with Crippen LogP contribution in [-0.4, -0.2) is 12.3 Å². The van der Waals surface area contributed by atoms with Gasteiger partial charge in [-0.15, -0.1) is 0 Å². The third-order valence-electron chi connectivity index (χ3n) is 18.3. The monoisotopic (exact) mass is 918 g/mol. The van der Waals surface area contributed by atoms with E-state index < -0.39 is 0 Å². The minimum atomic E-state index is -0.148. The molecule has 1 fully saturated rings. The first-order chi connectivity index (χ1) is 33.2. The van der Waals surface area contributed by atoms with Crippen LogP contribution in [0.2, 0.25) is 0 Å². The lowest BCUT2D eigenvalue weighted by molar-refractivity contribution is 0.195. The summed E-state index contributed by atoms with van der Waals surface area (Å²) in [5.41, 5.74) is 24.0. The van der Waals surface area contributed by atoms with Crippen molar-refractivity contribution in [3.8, 4) is 11.1 Å². The van der Waals surface area contributed by atoms with E-state index in [0.29, 0.717) is 0 Å². The average molecular weight is 918 g/mol. The lowest BCUT2D eigenvalue weighted by atomic mass is 9.33. The van der Waals surface area contributed by atoms with Crippen LogP contribution in [0, 0.1) is 0 Å². The summed E-state index contributed by atoms with van der Waals surface area (Å²) in [6, 6.07) is 57.3. The SMILES string of the molecule is CC(C)(C)c1cccc(N2c3cc(C(C)(C)C)ccc3B3c4cc5c(cc4N(c4ccccc4)c4cc(N6c7ccc(-c8ccccc8)cc7C7(C)CCCCC67C)cc2c43)C(C)(C)CCC5(C)C)c1. The quantitative estimate of drug-likeness (QED) is 0.163. The molecule has 4 heteroatoms. The zero-order valence-corrected chi connectivity index (χ0v) is 44.0. The molecular weight excluding hydrogens is 846 g/mol. The van der Waals surface area contributed by atoms with Crippen molar-refractivity contribution >= 4 is 68.6 Å². The maximum atomic E-state index is 2.82. The van der Waals surface area contributed by atoms with Crippen molar-refractivity contribution < 1.29 is 0 Å². The lowest BCUT2D eigenvalue weighted by Crippen LogP contribution is -2.62. The fraction of sp³-hybridized carbons (Fsp3) is 0.364. The Hall–Kier alpha value is -6.00. The van der Waals surface area contributed by atoms with Gasteiger partial charge in [-0.05, 0) is 170 Å². The predicted molar refractivity (Wildman–Crippen MR) is 301 cm³/mol. The minimum Gasteiger partial charge on any atom is -0.334 e. The Morgan fingerprint density at radius 3 is 1.67 bits per heavy atom. The van der Waals surface area contributed by atoms with Gasteiger partial charge in [0.15, 0.2) is 0 Å². The van der Waals surface area contributed by atoms with Crippen LogP contribution in [-0.2, 0) is 27.1 Å². The van der Waals surface area contributed by atoms with E-state index in [1.165, 1.54) is 133 Å². The molecule has 7 aromatic carbocycles. The molecule has 1 saturated carbocycles. The highest BCUT2D eigenvalue weighted by Gasteiger charge is 2.58. The first kappa shape index (κ1) is 45.2. The maximum absolute atomic E-state index is 2.82. The van der Waals surface area contributed by atoms with Gasteiger partial charge in [0.2, 0.25) is 0 Å². The van der Waals surface area contributed by atoms with Crippen LogP contribution in [0.1, 0.15) is 149 Å². The molecule has 0 spiro atoms. The molecule has 2 atom stereocenters. The first-order valence-corrected chi connectivity index (χ1v) is 26.5. The topological polar surface area (TPSA) is 9.72 Å². The molecule has 0 N–H and O–H groups in total. The van der Waals surface area contributed by atoms with Crippen molar-refractivity contribution in [2.45, 2.75) is 154 Å². The van der Waals surface area contributed by atoms with Crippen molar-refractivity contribution in [3.63, 3.8) is 0 Å². The molecular formula is C66H72BN3. The van der Waals surface area contributed by atoms with Crippen LogP contribution in [0.15, 0.2) is 146 Å². The summed E-state index contributed by atoms with van der Waals surface area (Å²) < 4.78 is 0. The Labute approximate surface area is 420 Å². The third-order valence-corrected chi connectivity index (χ3v) is 18.3. The van der Waals surface area contributed by atoms with Crippen molar-refractivity contribution in [3.05, 3.63) is 173 Å². The van der Waals surface area contributed by atoms with Gasteiger partial charge in [0.05, 0.1) is 5.54 Å². The molecule has 0 amide bonds. The second-order valence-electron chi connectivity index (χ2n) is 25.6. The molecule has 354 valence electrons. The second-order valence-corrected chi connectivity index (χ2v) is 25.6. The summed E-state index contributed by atoms with van der Waals surface area (Å²) in [5.74, 6) is 0. The van der Waals surface area contributed by atoms with Crippen molar-refractivity contribution in [1.82, 2.24) is 0 Å². The Bertz CT molecular complexity index is 3240. The Morgan fingerprint density at radius 1 is 0.414 bits per heavy atom. The van der Waals surface area contributed by atoms with E-state index in [-0.39, 0.29) is 39.3 Å². The van der Waals surface area contributed by atoms with Gasteiger partial charge in [-0.25, -0.2) is 0 Å². The number of benzene rings is 7. The number of nitrogens with zero attached hydrogens (tertiary/aromatic N) is 3. The van der Waals surface area contributed by atoms with Gasteiger partial charge in [0.1, 0.15) is 0 Å². The van der Waals surface area contributed by atoms with Crippen LogP contribution >= 0.6 is 0 Å². The minimum absolute atomic E-state index is 0.0215. The van der Waals surface area contributed by atoms with Gasteiger partial charge in [0.25, 0.3) is 6.71 Å². The summed E-state index contributed by atoms with van der Waals surface area (Å²) in [6.45, 7) is 29.3. The molecule has 3 heterocycles. The molecule has 3 nitrogen and oxygen atoms in total. The van der Waals surface area contributed by atoms with Gasteiger partial charge < -0.3 is 14.7 Å². The van der Waals surface area contributed by atoms with Gasteiger partial charge >= 0.3 is 0 Å². The van der Waals surface area contributed by atoms with Gasteiger partial charge in [0, 0.05) is 50.9 Å². The van der Waals surface area contributed by atoms with E-state index in [9.17, 15) is 0 Å². The molecule has 0 aromatic heterocycles. The molecule has 0 radical (unpaired) electrons. The molecule has 12 rings (SSSR count). The normalized spacial score (nSPS) is 21.6. The Balaban J connectivity index is 1.21. The number of anilines is 8. The van der Waals surface area contributed by atoms with E-state index in [2.05, 4.69) is 243 Å². The lowest BCUT2D eigenvalue weighted by Gasteiger charge is -2.51. The smallest absolute Gasteiger partial charge is 0.252 e. The van der Waals surface area contributed by atoms with Gasteiger partial charge in [-0.3, -0.25) is 0 Å². The zero-order valence-electron chi connectivity index (χ0n) is 44.0. The number of fused-ring (bicyclic) bond motifs is 8. The Kier molecular flexibility index (Phi) is 9.84. The molecule has 5 aliphatic rings. The standard InChI is InChI=1S/C66H72BN3/c1-61(2,3)45-24-21-27-48(37-45)69-56-38-46(62(4,5)6)29-30-53(56)67-54-41-50-51(64(9,10)35-34-63(50,7)8)42-57(54)68(47-25-17-14-18-26-47)58-39-49(40-59(69)60(58)67)70-55-31-28-44(43-22-15-13-16-23-43)36-52(55)65(11)32-19-20-33-66(65,70)12/h13-18,21-31,36-42H,19-20,32-35H2,1-12H3. The second kappa shape index (κ2) is 15.3. The van der Waals surface area contributed by atoms with Crippen LogP contribution in [0.3, 0.4) is 0 Å². The molecule has 3 aliphatic heterocycles. The summed E-state index contributed by atoms with van der Waals surface area (Å²) in [7, 11) is 0. The molecule has 0 saturated heterocycles. The van der Waals surface area contributed by atoms with Crippen molar-refractivity contribution in [2.24, 2.45) is 0 Å². The zero-order chi connectivity index (χ0) is 48.9. The van der Waals surface area contributed by atoms with E-state index in [1.807, 2.05) is 0 Å². The predicted octanol–water partition coefficient (Wildman–Crippen LogP) is 16.1. The fourth-order valence-corrected chi connectivity index (χ4v) is 13.8. The first-order valence-electron chi connectivity index (χ1n) is 26.5. The molecule has 2 unspecified atom stereocenters. The van der Waals surface area contributed by atoms with E-state index in [4.69, 9.17) is 0 Å². The van der Waals surface area contributed by atoms with Crippen LogP contribution < -0.4 is 31.1 Å². The number of para-hydroxylation sites is 1. The van der Waals surface area contributed by atoms with Crippen LogP contribution in [0.25, 0.3) is 11.1 Å². The van der Waals surface area contributed by atoms with Crippen LogP contribution in [0.4, 0.5) is 45.5 Å². The Morgan fingerprint density at radius 2 is 1.00 bits per heavy atom. The van der Waals surface area contributed by atoms with E-state index >= 15 is 0 Å². The van der Waals surface area contributed by atoms with Gasteiger partial charge in [-0.2, -0.15) is 0 Å². The highest BCUT2D eigenvalue weighted by atomic mass is 15.3. The summed E-state index contributed by atoms with van der Waals surface area (Å²) in [5, 5.41) is 0.